The van der Waals surface area contributed by atoms with Crippen molar-refractivity contribution in [1.82, 2.24) is 25.3 Å². The fourth-order valence-electron chi connectivity index (χ4n) is 3.94. The first-order chi connectivity index (χ1) is 14.8. The van der Waals surface area contributed by atoms with E-state index in [1.807, 2.05) is 13.0 Å². The number of aromatic nitrogens is 4. The second-order valence-corrected chi connectivity index (χ2v) is 7.81. The van der Waals surface area contributed by atoms with E-state index in [1.165, 1.54) is 19.3 Å². The number of hydrogen-bond donors (Lipinski definition) is 3. The molecule has 1 fully saturated rings. The van der Waals surface area contributed by atoms with Gasteiger partial charge in [0.25, 0.3) is 0 Å². The van der Waals surface area contributed by atoms with Crippen molar-refractivity contribution >= 4 is 34.5 Å². The molecule has 4 rings (SSSR count). The van der Waals surface area contributed by atoms with Crippen molar-refractivity contribution < 1.29 is 9.18 Å². The van der Waals surface area contributed by atoms with Gasteiger partial charge >= 0.3 is 0 Å². The number of halogens is 1. The van der Waals surface area contributed by atoms with Crippen molar-refractivity contribution in [1.29, 1.82) is 0 Å². The monoisotopic (exact) mass is 424 g/mol. The molecular weight excluding hydrogens is 399 g/mol. The largest absolute Gasteiger partial charge is 0.368 e. The summed E-state index contributed by atoms with van der Waals surface area (Å²) in [6.45, 7) is 6.58. The third kappa shape index (κ3) is 4.32. The molecule has 1 aromatic carbocycles. The van der Waals surface area contributed by atoms with E-state index in [0.29, 0.717) is 23.6 Å². The summed E-state index contributed by atoms with van der Waals surface area (Å²) >= 11 is 0. The SMILES string of the molecule is CC(=O)NC1CCN(c2nc3c(C)c(F)ccc3cc2[C@H](C)Nc2ncnc(N)n2)C1. The van der Waals surface area contributed by atoms with Gasteiger partial charge < -0.3 is 21.3 Å². The first-order valence-electron chi connectivity index (χ1n) is 10.1. The lowest BCUT2D eigenvalue weighted by Gasteiger charge is -2.25. The molecule has 1 amide bonds. The number of carbonyl (C=O) groups is 1. The van der Waals surface area contributed by atoms with Crippen LogP contribution in [0.15, 0.2) is 24.5 Å². The molecule has 0 spiro atoms. The number of nitrogen functional groups attached to an aromatic ring is 1. The van der Waals surface area contributed by atoms with E-state index in [2.05, 4.69) is 30.5 Å². The van der Waals surface area contributed by atoms with Crippen molar-refractivity contribution in [2.45, 2.75) is 39.3 Å². The van der Waals surface area contributed by atoms with Gasteiger partial charge in [0.15, 0.2) is 0 Å². The highest BCUT2D eigenvalue weighted by Gasteiger charge is 2.28. The Balaban J connectivity index is 1.74. The molecule has 1 saturated heterocycles. The number of nitrogens with two attached hydrogens (primary N) is 1. The van der Waals surface area contributed by atoms with Gasteiger partial charge in [-0.2, -0.15) is 4.98 Å². The van der Waals surface area contributed by atoms with E-state index < -0.39 is 0 Å². The summed E-state index contributed by atoms with van der Waals surface area (Å²) in [5.74, 6) is 0.891. The predicted octanol–water partition coefficient (Wildman–Crippen LogP) is 2.34. The lowest BCUT2D eigenvalue weighted by atomic mass is 10.0. The minimum Gasteiger partial charge on any atom is -0.368 e. The molecule has 0 bridgehead atoms. The lowest BCUT2D eigenvalue weighted by molar-refractivity contribution is -0.119. The molecule has 3 aromatic rings. The predicted molar refractivity (Wildman–Crippen MR) is 117 cm³/mol. The number of hydrogen-bond acceptors (Lipinski definition) is 8. The zero-order valence-electron chi connectivity index (χ0n) is 17.7. The molecule has 31 heavy (non-hydrogen) atoms. The number of fused-ring (bicyclic) bond motifs is 1. The number of amides is 1. The molecule has 1 aliphatic heterocycles. The molecule has 2 aromatic heterocycles. The third-order valence-electron chi connectivity index (χ3n) is 5.48. The zero-order valence-corrected chi connectivity index (χ0v) is 17.7. The Hall–Kier alpha value is -3.56. The van der Waals surface area contributed by atoms with Crippen LogP contribution in [0.25, 0.3) is 10.9 Å². The summed E-state index contributed by atoms with van der Waals surface area (Å²) in [7, 11) is 0. The number of nitrogens with zero attached hydrogens (tertiary/aromatic N) is 5. The van der Waals surface area contributed by atoms with Crippen LogP contribution in [0.1, 0.15) is 37.4 Å². The molecule has 0 aliphatic carbocycles. The van der Waals surface area contributed by atoms with Crippen LogP contribution in [0.3, 0.4) is 0 Å². The summed E-state index contributed by atoms with van der Waals surface area (Å²) in [4.78, 5) is 30.5. The fraction of sp³-hybridized carbons (Fsp3) is 0.381. The summed E-state index contributed by atoms with van der Waals surface area (Å²) in [5.41, 5.74) is 7.72. The van der Waals surface area contributed by atoms with Crippen molar-refractivity contribution in [3.8, 4) is 0 Å². The summed E-state index contributed by atoms with van der Waals surface area (Å²) in [5, 5.41) is 7.06. The van der Waals surface area contributed by atoms with Gasteiger partial charge in [-0.05, 0) is 38.5 Å². The maximum atomic E-state index is 14.2. The maximum absolute atomic E-state index is 14.2. The summed E-state index contributed by atoms with van der Waals surface area (Å²) < 4.78 is 14.2. The van der Waals surface area contributed by atoms with Crippen LogP contribution in [-0.2, 0) is 4.79 Å². The molecule has 162 valence electrons. The highest BCUT2D eigenvalue weighted by Crippen LogP contribution is 2.33. The van der Waals surface area contributed by atoms with Gasteiger partial charge in [0, 0.05) is 42.6 Å². The van der Waals surface area contributed by atoms with Gasteiger partial charge in [0.2, 0.25) is 17.8 Å². The van der Waals surface area contributed by atoms with Gasteiger partial charge in [-0.1, -0.05) is 0 Å². The van der Waals surface area contributed by atoms with Gasteiger partial charge in [0.05, 0.1) is 11.6 Å². The first-order valence-corrected chi connectivity index (χ1v) is 10.1. The van der Waals surface area contributed by atoms with Crippen LogP contribution in [-0.4, -0.2) is 45.0 Å². The highest BCUT2D eigenvalue weighted by molar-refractivity contribution is 5.85. The third-order valence-corrected chi connectivity index (χ3v) is 5.48. The molecule has 1 aliphatic rings. The van der Waals surface area contributed by atoms with Gasteiger partial charge in [0.1, 0.15) is 18.0 Å². The van der Waals surface area contributed by atoms with Crippen molar-refractivity contribution in [2.75, 3.05) is 29.0 Å². The quantitative estimate of drug-likeness (QED) is 0.571. The van der Waals surface area contributed by atoms with Gasteiger partial charge in [-0.15, -0.1) is 0 Å². The van der Waals surface area contributed by atoms with Crippen LogP contribution < -0.4 is 21.3 Å². The molecule has 9 nitrogen and oxygen atoms in total. The Kier molecular flexibility index (Phi) is 5.53. The van der Waals surface area contributed by atoms with E-state index in [4.69, 9.17) is 10.7 Å². The molecule has 2 atom stereocenters. The smallest absolute Gasteiger partial charge is 0.227 e. The topological polar surface area (TPSA) is 122 Å². The molecule has 0 saturated carbocycles. The van der Waals surface area contributed by atoms with E-state index in [1.54, 1.807) is 13.0 Å². The number of benzene rings is 1. The minimum absolute atomic E-state index is 0.0445. The van der Waals surface area contributed by atoms with Crippen molar-refractivity contribution in [2.24, 2.45) is 0 Å². The number of rotatable bonds is 5. The molecule has 0 radical (unpaired) electrons. The first kappa shape index (κ1) is 20.7. The highest BCUT2D eigenvalue weighted by atomic mass is 19.1. The Morgan fingerprint density at radius 1 is 1.32 bits per heavy atom. The van der Waals surface area contributed by atoms with E-state index >= 15 is 0 Å². The molecule has 1 unspecified atom stereocenters. The Morgan fingerprint density at radius 2 is 2.13 bits per heavy atom. The average molecular weight is 424 g/mol. The van der Waals surface area contributed by atoms with Crippen LogP contribution in [0, 0.1) is 12.7 Å². The molecule has 3 heterocycles. The van der Waals surface area contributed by atoms with Gasteiger partial charge in [-0.3, -0.25) is 4.79 Å². The van der Waals surface area contributed by atoms with Crippen molar-refractivity contribution in [3.63, 3.8) is 0 Å². The zero-order chi connectivity index (χ0) is 22.1. The van der Waals surface area contributed by atoms with Crippen LogP contribution in [0.5, 0.6) is 0 Å². The van der Waals surface area contributed by atoms with Crippen LogP contribution >= 0.6 is 0 Å². The summed E-state index contributed by atoms with van der Waals surface area (Å²) in [6.07, 6.45) is 2.16. The van der Waals surface area contributed by atoms with E-state index in [-0.39, 0.29) is 29.8 Å². The molecule has 4 N–H and O–H groups in total. The number of pyridine rings is 1. The van der Waals surface area contributed by atoms with Crippen LogP contribution in [0.2, 0.25) is 0 Å². The number of anilines is 3. The Morgan fingerprint density at radius 3 is 2.87 bits per heavy atom. The number of carbonyl (C=O) groups excluding carboxylic acids is 1. The second kappa shape index (κ2) is 8.29. The normalized spacial score (nSPS) is 17.0. The number of aryl methyl sites for hydroxylation is 1. The molecule has 10 heteroatoms. The minimum atomic E-state index is -0.289. The fourth-order valence-corrected chi connectivity index (χ4v) is 3.94. The number of nitrogens with one attached hydrogen (secondary N) is 2. The second-order valence-electron chi connectivity index (χ2n) is 7.81. The van der Waals surface area contributed by atoms with E-state index in [9.17, 15) is 9.18 Å². The maximum Gasteiger partial charge on any atom is 0.227 e. The Labute approximate surface area is 179 Å². The average Bonchev–Trinajstić information content (AvgIpc) is 3.17. The molecular formula is C21H25FN8O. The standard InChI is InChI=1S/C21H25FN8O/c1-11-17(22)5-4-14-8-16(12(2)26-21-25-10-24-20(23)29-21)19(28-18(11)14)30-7-6-15(9-30)27-13(3)31/h4-5,8,10,12,15H,6-7,9H2,1-3H3,(H,27,31)(H3,23,24,25,26,29)/t12-,15?/m0/s1. The lowest BCUT2D eigenvalue weighted by Crippen LogP contribution is -2.36. The Bertz CT molecular complexity index is 1140. The van der Waals surface area contributed by atoms with E-state index in [0.717, 1.165) is 29.7 Å². The van der Waals surface area contributed by atoms with Crippen molar-refractivity contribution in [3.05, 3.63) is 41.5 Å². The summed E-state index contributed by atoms with van der Waals surface area (Å²) in [6, 6.07) is 5.03. The van der Waals surface area contributed by atoms with Gasteiger partial charge in [-0.25, -0.2) is 19.3 Å². The van der Waals surface area contributed by atoms with Crippen LogP contribution in [0.4, 0.5) is 22.1 Å².